The minimum Gasteiger partial charge on any atom is -0.481 e. The summed E-state index contributed by atoms with van der Waals surface area (Å²) in [5.41, 5.74) is 0. The number of hydrogen-bond donors (Lipinski definition) is 2. The molecule has 0 aromatic carbocycles. The van der Waals surface area contributed by atoms with Crippen LogP contribution >= 0.6 is 0 Å². The summed E-state index contributed by atoms with van der Waals surface area (Å²) < 4.78 is 36.5. The van der Waals surface area contributed by atoms with Crippen molar-refractivity contribution < 1.29 is 27.9 Å². The first-order chi connectivity index (χ1) is 9.17. The van der Waals surface area contributed by atoms with Crippen molar-refractivity contribution in [2.24, 2.45) is 5.92 Å². The SMILES string of the molecule is CC(CC(F)(F)F)NC(=O)N1CCC(CCC(=O)O)C1. The summed E-state index contributed by atoms with van der Waals surface area (Å²) in [5, 5.41) is 10.9. The van der Waals surface area contributed by atoms with Gasteiger partial charge in [-0.05, 0) is 25.7 Å². The molecule has 0 spiro atoms. The second kappa shape index (κ2) is 6.81. The number of carboxylic acid groups (broad SMARTS) is 1. The maximum atomic E-state index is 12.2. The standard InChI is InChI=1S/C12H19F3N2O3/c1-8(6-12(13,14)15)16-11(20)17-5-4-9(7-17)2-3-10(18)19/h8-9H,2-7H2,1H3,(H,16,20)(H,18,19). The zero-order chi connectivity index (χ0) is 15.3. The summed E-state index contributed by atoms with van der Waals surface area (Å²) in [6.45, 7) is 2.16. The lowest BCUT2D eigenvalue weighted by atomic mass is 10.0. The Labute approximate surface area is 115 Å². The number of aliphatic carboxylic acids is 1. The number of alkyl halides is 3. The number of hydrogen-bond acceptors (Lipinski definition) is 2. The fraction of sp³-hybridized carbons (Fsp3) is 0.833. The van der Waals surface area contributed by atoms with Gasteiger partial charge in [0, 0.05) is 25.6 Å². The van der Waals surface area contributed by atoms with Crippen molar-refractivity contribution in [3.63, 3.8) is 0 Å². The summed E-state index contributed by atoms with van der Waals surface area (Å²) in [6.07, 6.45) is -4.15. The predicted octanol–water partition coefficient (Wildman–Crippen LogP) is 2.22. The van der Waals surface area contributed by atoms with Crippen molar-refractivity contribution >= 4 is 12.0 Å². The maximum absolute atomic E-state index is 12.2. The van der Waals surface area contributed by atoms with E-state index in [1.165, 1.54) is 11.8 Å². The minimum atomic E-state index is -4.30. The molecule has 116 valence electrons. The highest BCUT2D eigenvalue weighted by Crippen LogP contribution is 2.23. The van der Waals surface area contributed by atoms with Crippen LogP contribution in [0.5, 0.6) is 0 Å². The lowest BCUT2D eigenvalue weighted by Crippen LogP contribution is -2.44. The molecule has 0 aromatic rings. The molecular formula is C12H19F3N2O3. The molecule has 1 saturated heterocycles. The monoisotopic (exact) mass is 296 g/mol. The summed E-state index contributed by atoms with van der Waals surface area (Å²) in [5.74, 6) is -0.776. The van der Waals surface area contributed by atoms with Gasteiger partial charge >= 0.3 is 18.2 Å². The molecule has 1 heterocycles. The van der Waals surface area contributed by atoms with Gasteiger partial charge in [-0.1, -0.05) is 0 Å². The van der Waals surface area contributed by atoms with E-state index in [0.717, 1.165) is 0 Å². The molecule has 1 aliphatic rings. The molecule has 0 bridgehead atoms. The Morgan fingerprint density at radius 1 is 1.45 bits per heavy atom. The molecule has 2 atom stereocenters. The second-order valence-corrected chi connectivity index (χ2v) is 5.20. The average Bonchev–Trinajstić information content (AvgIpc) is 2.71. The summed E-state index contributed by atoms with van der Waals surface area (Å²) in [6, 6.07) is -1.49. The van der Waals surface area contributed by atoms with Gasteiger partial charge in [0.05, 0.1) is 6.42 Å². The summed E-state index contributed by atoms with van der Waals surface area (Å²) in [7, 11) is 0. The number of carbonyl (C=O) groups is 2. The summed E-state index contributed by atoms with van der Waals surface area (Å²) in [4.78, 5) is 23.7. The Balaban J connectivity index is 2.33. The first-order valence-corrected chi connectivity index (χ1v) is 6.51. The molecule has 1 rings (SSSR count). The second-order valence-electron chi connectivity index (χ2n) is 5.20. The molecule has 0 aliphatic carbocycles. The van der Waals surface area contributed by atoms with Crippen molar-refractivity contribution in [1.29, 1.82) is 0 Å². The number of urea groups is 1. The Bertz CT molecular complexity index is 360. The Morgan fingerprint density at radius 2 is 2.10 bits per heavy atom. The topological polar surface area (TPSA) is 69.6 Å². The van der Waals surface area contributed by atoms with E-state index < -0.39 is 30.6 Å². The third-order valence-corrected chi connectivity index (χ3v) is 3.25. The van der Waals surface area contributed by atoms with E-state index in [9.17, 15) is 22.8 Å². The van der Waals surface area contributed by atoms with Gasteiger partial charge in [-0.25, -0.2) is 4.79 Å². The third-order valence-electron chi connectivity index (χ3n) is 3.25. The lowest BCUT2D eigenvalue weighted by molar-refractivity contribution is -0.139. The molecule has 0 saturated carbocycles. The molecule has 0 aromatic heterocycles. The van der Waals surface area contributed by atoms with Crippen LogP contribution < -0.4 is 5.32 Å². The highest BCUT2D eigenvalue weighted by Gasteiger charge is 2.32. The van der Waals surface area contributed by atoms with Crippen LogP contribution in [0.2, 0.25) is 0 Å². The van der Waals surface area contributed by atoms with Crippen LogP contribution in [0, 0.1) is 5.92 Å². The number of nitrogens with one attached hydrogen (secondary N) is 1. The van der Waals surface area contributed by atoms with E-state index in [0.29, 0.717) is 25.9 Å². The number of carbonyl (C=O) groups excluding carboxylic acids is 1. The van der Waals surface area contributed by atoms with Gasteiger partial charge in [0.1, 0.15) is 0 Å². The van der Waals surface area contributed by atoms with Gasteiger partial charge in [0.25, 0.3) is 0 Å². The van der Waals surface area contributed by atoms with Crippen LogP contribution in [0.4, 0.5) is 18.0 Å². The number of rotatable bonds is 5. The summed E-state index contributed by atoms with van der Waals surface area (Å²) >= 11 is 0. The normalized spacial score (nSPS) is 20.8. The Hall–Kier alpha value is -1.47. The zero-order valence-electron chi connectivity index (χ0n) is 11.2. The molecule has 2 amide bonds. The van der Waals surface area contributed by atoms with Gasteiger partial charge < -0.3 is 15.3 Å². The Morgan fingerprint density at radius 3 is 2.65 bits per heavy atom. The zero-order valence-corrected chi connectivity index (χ0v) is 11.2. The van der Waals surface area contributed by atoms with Gasteiger partial charge in [0.15, 0.2) is 0 Å². The predicted molar refractivity (Wildman–Crippen MR) is 65.2 cm³/mol. The van der Waals surface area contributed by atoms with Crippen LogP contribution in [0.15, 0.2) is 0 Å². The van der Waals surface area contributed by atoms with Gasteiger partial charge in [-0.3, -0.25) is 4.79 Å². The lowest BCUT2D eigenvalue weighted by Gasteiger charge is -2.21. The van der Waals surface area contributed by atoms with Crippen molar-refractivity contribution in [2.75, 3.05) is 13.1 Å². The van der Waals surface area contributed by atoms with Crippen LogP contribution in [0.3, 0.4) is 0 Å². The minimum absolute atomic E-state index is 0.0462. The van der Waals surface area contributed by atoms with Crippen LogP contribution in [0.25, 0.3) is 0 Å². The first kappa shape index (κ1) is 16.6. The smallest absolute Gasteiger partial charge is 0.391 e. The highest BCUT2D eigenvalue weighted by atomic mass is 19.4. The van der Waals surface area contributed by atoms with E-state index >= 15 is 0 Å². The van der Waals surface area contributed by atoms with E-state index in [4.69, 9.17) is 5.11 Å². The van der Waals surface area contributed by atoms with Gasteiger partial charge in [-0.15, -0.1) is 0 Å². The van der Waals surface area contributed by atoms with Crippen LogP contribution in [0.1, 0.15) is 32.6 Å². The van der Waals surface area contributed by atoms with E-state index in [1.54, 1.807) is 0 Å². The van der Waals surface area contributed by atoms with Gasteiger partial charge in [-0.2, -0.15) is 13.2 Å². The Kier molecular flexibility index (Phi) is 5.64. The third kappa shape index (κ3) is 6.12. The molecular weight excluding hydrogens is 277 g/mol. The maximum Gasteiger partial charge on any atom is 0.391 e. The largest absolute Gasteiger partial charge is 0.481 e. The van der Waals surface area contributed by atoms with Crippen molar-refractivity contribution in [3.8, 4) is 0 Å². The molecule has 2 unspecified atom stereocenters. The highest BCUT2D eigenvalue weighted by molar-refractivity contribution is 5.74. The van der Waals surface area contributed by atoms with Crippen LogP contribution in [-0.4, -0.2) is 47.3 Å². The van der Waals surface area contributed by atoms with E-state index in [2.05, 4.69) is 5.32 Å². The van der Waals surface area contributed by atoms with Gasteiger partial charge in [0.2, 0.25) is 0 Å². The molecule has 20 heavy (non-hydrogen) atoms. The van der Waals surface area contributed by atoms with Crippen molar-refractivity contribution in [3.05, 3.63) is 0 Å². The molecule has 8 heteroatoms. The fourth-order valence-corrected chi connectivity index (χ4v) is 2.28. The van der Waals surface area contributed by atoms with E-state index in [-0.39, 0.29) is 12.3 Å². The first-order valence-electron chi connectivity index (χ1n) is 6.51. The molecule has 1 fully saturated rings. The molecule has 5 nitrogen and oxygen atoms in total. The van der Waals surface area contributed by atoms with Crippen molar-refractivity contribution in [2.45, 2.75) is 44.8 Å². The average molecular weight is 296 g/mol. The molecule has 0 radical (unpaired) electrons. The van der Waals surface area contributed by atoms with Crippen LogP contribution in [-0.2, 0) is 4.79 Å². The van der Waals surface area contributed by atoms with E-state index in [1.807, 2.05) is 0 Å². The number of carboxylic acids is 1. The van der Waals surface area contributed by atoms with Crippen molar-refractivity contribution in [1.82, 2.24) is 10.2 Å². The number of amides is 2. The number of nitrogens with zero attached hydrogens (tertiary/aromatic N) is 1. The number of halogens is 3. The number of likely N-dealkylation sites (tertiary alicyclic amines) is 1. The molecule has 2 N–H and O–H groups in total. The molecule has 1 aliphatic heterocycles. The fourth-order valence-electron chi connectivity index (χ4n) is 2.28. The quantitative estimate of drug-likeness (QED) is 0.817.